The molecule has 2 aliphatic rings. The molecule has 1 aromatic heterocycles. The Morgan fingerprint density at radius 3 is 2.37 bits per heavy atom. The molecule has 1 fully saturated rings. The Balaban J connectivity index is 1.15. The molecule has 0 spiro atoms. The van der Waals surface area contributed by atoms with Crippen molar-refractivity contribution in [3.63, 3.8) is 0 Å². The summed E-state index contributed by atoms with van der Waals surface area (Å²) in [5.41, 5.74) is 4.63. The molecule has 2 atom stereocenters. The van der Waals surface area contributed by atoms with Crippen LogP contribution in [0.25, 0.3) is 11.1 Å². The van der Waals surface area contributed by atoms with Crippen LogP contribution in [0.5, 0.6) is 0 Å². The van der Waals surface area contributed by atoms with Crippen molar-refractivity contribution in [1.82, 2.24) is 15.4 Å². The Morgan fingerprint density at radius 2 is 1.74 bits per heavy atom. The zero-order valence-corrected chi connectivity index (χ0v) is 19.1. The molecule has 2 heterocycles. The van der Waals surface area contributed by atoms with Gasteiger partial charge in [-0.15, -0.1) is 0 Å². The number of carbonyl (C=O) groups is 3. The number of alkyl carbamates (subject to hydrolysis) is 1. The molecule has 2 N–H and O–H groups in total. The molecular formula is C26H25N3O6. The number of nitrogens with one attached hydrogen (secondary N) is 1. The van der Waals surface area contributed by atoms with E-state index in [1.165, 1.54) is 11.0 Å². The Hall–Kier alpha value is -4.14. The third kappa shape index (κ3) is 4.37. The average Bonchev–Trinajstić information content (AvgIpc) is 3.57. The summed E-state index contributed by atoms with van der Waals surface area (Å²) in [6, 6.07) is 17.6. The van der Waals surface area contributed by atoms with Gasteiger partial charge in [-0.2, -0.15) is 0 Å². The van der Waals surface area contributed by atoms with E-state index in [2.05, 4.69) is 22.6 Å². The van der Waals surface area contributed by atoms with E-state index in [4.69, 9.17) is 9.26 Å². The van der Waals surface area contributed by atoms with Crippen LogP contribution in [-0.2, 0) is 16.1 Å². The molecule has 9 heteroatoms. The zero-order chi connectivity index (χ0) is 24.5. The predicted octanol–water partition coefficient (Wildman–Crippen LogP) is 3.51. The van der Waals surface area contributed by atoms with E-state index in [0.29, 0.717) is 12.3 Å². The van der Waals surface area contributed by atoms with Gasteiger partial charge in [0.2, 0.25) is 0 Å². The summed E-state index contributed by atoms with van der Waals surface area (Å²) in [6.45, 7) is 2.48. The lowest BCUT2D eigenvalue weighted by Gasteiger charge is -2.14. The molecule has 35 heavy (non-hydrogen) atoms. The molecule has 3 aromatic rings. The van der Waals surface area contributed by atoms with E-state index in [1.807, 2.05) is 36.4 Å². The number of carboxylic acid groups (broad SMARTS) is 1. The third-order valence-electron chi connectivity index (χ3n) is 6.75. The Labute approximate surface area is 201 Å². The quantitative estimate of drug-likeness (QED) is 0.559. The van der Waals surface area contributed by atoms with Crippen LogP contribution in [-0.4, -0.2) is 52.8 Å². The first-order valence-electron chi connectivity index (χ1n) is 11.5. The third-order valence-corrected chi connectivity index (χ3v) is 6.75. The van der Waals surface area contributed by atoms with Gasteiger partial charge < -0.3 is 24.6 Å². The first kappa shape index (κ1) is 22.6. The summed E-state index contributed by atoms with van der Waals surface area (Å²) in [5, 5.41) is 15.7. The van der Waals surface area contributed by atoms with Crippen LogP contribution in [0.15, 0.2) is 59.1 Å². The van der Waals surface area contributed by atoms with Gasteiger partial charge in [-0.25, -0.2) is 4.79 Å². The molecule has 2 aromatic carbocycles. The fraction of sp³-hybridized carbons (Fsp3) is 0.308. The molecule has 1 aliphatic carbocycles. The number of fused-ring (bicyclic) bond motifs is 3. The van der Waals surface area contributed by atoms with Crippen LogP contribution < -0.4 is 5.32 Å². The van der Waals surface area contributed by atoms with Crippen molar-refractivity contribution in [1.29, 1.82) is 0 Å². The number of benzene rings is 2. The number of aliphatic carboxylic acids is 1. The summed E-state index contributed by atoms with van der Waals surface area (Å²) in [6.07, 6.45) is -0.603. The molecule has 5 rings (SSSR count). The Kier molecular flexibility index (Phi) is 5.98. The van der Waals surface area contributed by atoms with Crippen molar-refractivity contribution in [3.05, 3.63) is 77.2 Å². The van der Waals surface area contributed by atoms with Gasteiger partial charge >= 0.3 is 12.1 Å². The molecule has 9 nitrogen and oxygen atoms in total. The highest BCUT2D eigenvalue weighted by Gasteiger charge is 2.38. The van der Waals surface area contributed by atoms with Gasteiger partial charge in [0.1, 0.15) is 6.61 Å². The minimum Gasteiger partial charge on any atom is -0.481 e. The zero-order valence-electron chi connectivity index (χ0n) is 19.1. The normalized spacial score (nSPS) is 18.7. The number of hydrogen-bond donors (Lipinski definition) is 2. The van der Waals surface area contributed by atoms with E-state index in [9.17, 15) is 19.5 Å². The SMILES string of the molecule is CC1CN(C(=O)c2cc(CNC(=O)OCC3c4ccccc4-c4ccccc43)on2)CC1C(=O)O. The second-order valence-corrected chi connectivity index (χ2v) is 8.99. The Bertz CT molecular complexity index is 1240. The van der Waals surface area contributed by atoms with Crippen LogP contribution in [0.3, 0.4) is 0 Å². The first-order valence-corrected chi connectivity index (χ1v) is 11.5. The minimum absolute atomic E-state index is 0.00507. The van der Waals surface area contributed by atoms with Gasteiger partial charge in [0.25, 0.3) is 5.91 Å². The molecule has 1 saturated heterocycles. The maximum Gasteiger partial charge on any atom is 0.407 e. The highest BCUT2D eigenvalue weighted by atomic mass is 16.5. The molecule has 2 amide bonds. The molecule has 0 bridgehead atoms. The van der Waals surface area contributed by atoms with Gasteiger partial charge in [-0.3, -0.25) is 9.59 Å². The summed E-state index contributed by atoms with van der Waals surface area (Å²) >= 11 is 0. The predicted molar refractivity (Wildman–Crippen MR) is 125 cm³/mol. The number of ether oxygens (including phenoxy) is 1. The second kappa shape index (κ2) is 9.25. The Morgan fingerprint density at radius 1 is 1.09 bits per heavy atom. The van der Waals surface area contributed by atoms with Crippen LogP contribution in [0.1, 0.15) is 40.2 Å². The van der Waals surface area contributed by atoms with Crippen LogP contribution in [0, 0.1) is 11.8 Å². The summed E-state index contributed by atoms with van der Waals surface area (Å²) in [4.78, 5) is 37.8. The number of carboxylic acids is 1. The van der Waals surface area contributed by atoms with Gasteiger partial charge in [0, 0.05) is 25.1 Å². The topological polar surface area (TPSA) is 122 Å². The molecule has 1 aliphatic heterocycles. The van der Waals surface area contributed by atoms with E-state index < -0.39 is 23.9 Å². The van der Waals surface area contributed by atoms with Crippen molar-refractivity contribution in [3.8, 4) is 11.1 Å². The van der Waals surface area contributed by atoms with E-state index in [0.717, 1.165) is 22.3 Å². The van der Waals surface area contributed by atoms with E-state index in [-0.39, 0.29) is 37.2 Å². The van der Waals surface area contributed by atoms with Crippen molar-refractivity contribution in [2.24, 2.45) is 11.8 Å². The second-order valence-electron chi connectivity index (χ2n) is 8.99. The summed E-state index contributed by atoms with van der Waals surface area (Å²) < 4.78 is 10.7. The monoisotopic (exact) mass is 475 g/mol. The fourth-order valence-electron chi connectivity index (χ4n) is 4.92. The number of nitrogens with zero attached hydrogens (tertiary/aromatic N) is 2. The van der Waals surface area contributed by atoms with Gasteiger partial charge in [0.15, 0.2) is 11.5 Å². The lowest BCUT2D eigenvalue weighted by Crippen LogP contribution is -2.30. The number of aromatic nitrogens is 1. The highest BCUT2D eigenvalue weighted by molar-refractivity contribution is 5.93. The van der Waals surface area contributed by atoms with E-state index >= 15 is 0 Å². The van der Waals surface area contributed by atoms with Gasteiger partial charge in [-0.05, 0) is 28.2 Å². The maximum absolute atomic E-state index is 12.7. The first-order chi connectivity index (χ1) is 16.9. The van der Waals surface area contributed by atoms with Gasteiger partial charge in [0.05, 0.1) is 12.5 Å². The number of hydrogen-bond acceptors (Lipinski definition) is 6. The highest BCUT2D eigenvalue weighted by Crippen LogP contribution is 2.44. The van der Waals surface area contributed by atoms with Crippen molar-refractivity contribution < 1.29 is 28.8 Å². The van der Waals surface area contributed by atoms with Crippen molar-refractivity contribution in [2.45, 2.75) is 19.4 Å². The maximum atomic E-state index is 12.7. The van der Waals surface area contributed by atoms with Crippen LogP contribution in [0.4, 0.5) is 4.79 Å². The summed E-state index contributed by atoms with van der Waals surface area (Å²) in [5.74, 6) is -1.79. The number of carbonyl (C=O) groups excluding carboxylic acids is 2. The number of rotatable bonds is 6. The molecular weight excluding hydrogens is 450 g/mol. The largest absolute Gasteiger partial charge is 0.481 e. The average molecular weight is 476 g/mol. The van der Waals surface area contributed by atoms with Gasteiger partial charge in [-0.1, -0.05) is 60.6 Å². The standard InChI is InChI=1S/C26H25N3O6/c1-15-12-29(13-21(15)25(31)32)24(30)23-10-16(35-28-23)11-27-26(33)34-14-22-19-8-4-2-6-17(19)18-7-3-5-9-20(18)22/h2-10,15,21-22H,11-14H2,1H3,(H,27,33)(H,31,32). The minimum atomic E-state index is -0.916. The van der Waals surface area contributed by atoms with Crippen LogP contribution in [0.2, 0.25) is 0 Å². The molecule has 2 unspecified atom stereocenters. The molecule has 180 valence electrons. The smallest absolute Gasteiger partial charge is 0.407 e. The van der Waals surface area contributed by atoms with Crippen molar-refractivity contribution in [2.75, 3.05) is 19.7 Å². The van der Waals surface area contributed by atoms with Crippen LogP contribution >= 0.6 is 0 Å². The lowest BCUT2D eigenvalue weighted by atomic mass is 9.98. The van der Waals surface area contributed by atoms with Crippen molar-refractivity contribution >= 4 is 18.0 Å². The lowest BCUT2D eigenvalue weighted by molar-refractivity contribution is -0.142. The molecule has 0 radical (unpaired) electrons. The summed E-state index contributed by atoms with van der Waals surface area (Å²) in [7, 11) is 0. The van der Waals surface area contributed by atoms with E-state index in [1.54, 1.807) is 6.92 Å². The molecule has 0 saturated carbocycles. The number of likely N-dealkylation sites (tertiary alicyclic amines) is 1. The number of amides is 2. The fourth-order valence-corrected chi connectivity index (χ4v) is 4.92.